The van der Waals surface area contributed by atoms with Crippen LogP contribution in [0.3, 0.4) is 0 Å². The molecule has 2 saturated heterocycles. The molecule has 6 heterocycles. The lowest BCUT2D eigenvalue weighted by Crippen LogP contribution is -2.42. The third-order valence-electron chi connectivity index (χ3n) is 13.9. The Bertz CT molecular complexity index is 3140. The number of unbranched alkanes of at least 4 members (excludes halogenated alkanes) is 1. The van der Waals surface area contributed by atoms with Gasteiger partial charge in [-0.1, -0.05) is 43.4 Å². The zero-order valence-corrected chi connectivity index (χ0v) is 46.7. The smallest absolute Gasteiger partial charge is 0.414 e. The normalized spacial score (nSPS) is 17.7. The van der Waals surface area contributed by atoms with Crippen LogP contribution in [0.1, 0.15) is 105 Å². The van der Waals surface area contributed by atoms with Crippen LogP contribution in [-0.4, -0.2) is 160 Å². The molecule has 0 spiro atoms. The van der Waals surface area contributed by atoms with E-state index in [1.54, 1.807) is 93.9 Å². The topological polar surface area (TPSA) is 267 Å². The fourth-order valence-corrected chi connectivity index (χ4v) is 9.77. The molecule has 3 aliphatic heterocycles. The van der Waals surface area contributed by atoms with Crippen LogP contribution in [0.4, 0.5) is 21.9 Å². The molecule has 0 bridgehead atoms. The summed E-state index contributed by atoms with van der Waals surface area (Å²) in [6.45, 7) is 12.8. The number of hydrogen-bond donors (Lipinski definition) is 5. The van der Waals surface area contributed by atoms with Crippen LogP contribution in [0.25, 0.3) is 5.70 Å². The van der Waals surface area contributed by atoms with Gasteiger partial charge in [0.1, 0.15) is 41.8 Å². The lowest BCUT2D eigenvalue weighted by Gasteiger charge is -2.31. The van der Waals surface area contributed by atoms with Gasteiger partial charge in [0.05, 0.1) is 72.5 Å². The Balaban J connectivity index is 0.892. The molecule has 0 aliphatic carbocycles. The number of amides is 5. The maximum atomic E-state index is 14.3. The number of aliphatic hydroxyl groups excluding tert-OH is 1. The van der Waals surface area contributed by atoms with E-state index in [0.717, 1.165) is 31.4 Å². The minimum absolute atomic E-state index is 0.0928. The van der Waals surface area contributed by atoms with E-state index in [2.05, 4.69) is 44.7 Å². The molecule has 24 heteroatoms. The van der Waals surface area contributed by atoms with Gasteiger partial charge in [0.15, 0.2) is 11.5 Å². The Morgan fingerprint density at radius 1 is 0.901 bits per heavy atom. The van der Waals surface area contributed by atoms with Crippen molar-refractivity contribution in [1.29, 1.82) is 0 Å². The molecule has 2 fully saturated rings. The lowest BCUT2D eigenvalue weighted by molar-refractivity contribution is -0.176. The van der Waals surface area contributed by atoms with Crippen LogP contribution >= 0.6 is 0 Å². The number of benzene rings is 2. The quantitative estimate of drug-likeness (QED) is 0.0280. The number of carbonyl (C=O) groups is 6. The second-order valence-corrected chi connectivity index (χ2v) is 20.6. The number of aryl methyl sites for hydroxylation is 3. The van der Waals surface area contributed by atoms with Crippen LogP contribution in [0.15, 0.2) is 79.8 Å². The van der Waals surface area contributed by atoms with E-state index in [9.17, 15) is 33.9 Å². The van der Waals surface area contributed by atoms with Crippen LogP contribution in [0.5, 0.6) is 17.2 Å². The molecule has 2 aromatic carbocycles. The van der Waals surface area contributed by atoms with E-state index in [1.807, 2.05) is 25.9 Å². The van der Waals surface area contributed by atoms with Gasteiger partial charge in [-0.2, -0.15) is 0 Å². The molecule has 432 valence electrons. The van der Waals surface area contributed by atoms with Crippen LogP contribution in [0.2, 0.25) is 0 Å². The molecule has 3 aromatic heterocycles. The zero-order valence-electron chi connectivity index (χ0n) is 46.7. The standard InChI is InChI=1S/C57H72N12O12/c1-9-10-15-58-53(72)44-21-37(13-14-49(44)81-52-25-41(71)24-42(33-70)80-52)34-79-57(76)69-31-40-20-35(2)28-68(40)56(75)43-26-50(77-8)51(27-46(43)69)78-19-12-18-67-32-45(62-63-67)36(3)60-38-22-48(66(7)29-38)55(74)61-39-23-47(65(6)30-39)54(73)59-16-11-17-64(4)5/h13-14,21-23,26-27,29-30,32-33,40-42,52,60,71H,2-3,9-12,15-20,24-25,28,31,34H2,1,4-8H3,(H,58,72)(H,59,73)(H,61,74)/t40?,41-,42-,52-/m0/s1. The van der Waals surface area contributed by atoms with Crippen molar-refractivity contribution in [3.63, 3.8) is 0 Å². The summed E-state index contributed by atoms with van der Waals surface area (Å²) in [6, 6.07) is 10.8. The Labute approximate surface area is 469 Å². The molecule has 5 N–H and O–H groups in total. The highest BCUT2D eigenvalue weighted by Gasteiger charge is 2.41. The molecule has 0 saturated carbocycles. The third-order valence-corrected chi connectivity index (χ3v) is 13.9. The molecular weight excluding hydrogens is 1040 g/mol. The number of aliphatic hydroxyl groups is 1. The minimum Gasteiger partial charge on any atom is -0.493 e. The molecule has 81 heavy (non-hydrogen) atoms. The van der Waals surface area contributed by atoms with E-state index >= 15 is 0 Å². The third kappa shape index (κ3) is 14.7. The number of methoxy groups -OCH3 is 1. The number of nitrogens with zero attached hydrogens (tertiary/aromatic N) is 8. The van der Waals surface area contributed by atoms with Crippen molar-refractivity contribution >= 4 is 58.8 Å². The van der Waals surface area contributed by atoms with Crippen LogP contribution in [-0.2, 0) is 41.5 Å². The molecule has 3 aliphatic rings. The van der Waals surface area contributed by atoms with Crippen LogP contribution in [0, 0.1) is 0 Å². The highest BCUT2D eigenvalue weighted by Crippen LogP contribution is 2.41. The molecule has 5 aromatic rings. The van der Waals surface area contributed by atoms with Crippen molar-refractivity contribution < 1.29 is 57.6 Å². The summed E-state index contributed by atoms with van der Waals surface area (Å²) in [5.41, 5.74) is 4.70. The largest absolute Gasteiger partial charge is 0.493 e. The average molecular weight is 1120 g/mol. The number of fused-ring (bicyclic) bond motifs is 2. The molecule has 5 amide bonds. The number of aromatic nitrogens is 5. The van der Waals surface area contributed by atoms with E-state index in [4.69, 9.17) is 23.7 Å². The van der Waals surface area contributed by atoms with Crippen molar-refractivity contribution in [3.05, 3.63) is 114 Å². The van der Waals surface area contributed by atoms with Crippen LogP contribution < -0.4 is 40.4 Å². The number of aldehydes is 1. The Kier molecular flexibility index (Phi) is 19.3. The summed E-state index contributed by atoms with van der Waals surface area (Å²) in [4.78, 5) is 84.9. The summed E-state index contributed by atoms with van der Waals surface area (Å²) in [6.07, 6.45) is 5.91. The predicted molar refractivity (Wildman–Crippen MR) is 300 cm³/mol. The summed E-state index contributed by atoms with van der Waals surface area (Å²) >= 11 is 0. The van der Waals surface area contributed by atoms with Gasteiger partial charge < -0.3 is 73.8 Å². The number of hydrogen-bond acceptors (Lipinski definition) is 16. The molecule has 1 unspecified atom stereocenters. The first-order chi connectivity index (χ1) is 38.9. The van der Waals surface area contributed by atoms with Gasteiger partial charge in [0, 0.05) is 78.0 Å². The van der Waals surface area contributed by atoms with Crippen molar-refractivity contribution in [2.75, 3.05) is 76.1 Å². The number of anilines is 3. The maximum absolute atomic E-state index is 14.3. The van der Waals surface area contributed by atoms with Crippen molar-refractivity contribution in [2.24, 2.45) is 14.1 Å². The Hall–Kier alpha value is -8.48. The molecular formula is C57H72N12O12. The number of ether oxygens (including phenoxy) is 5. The van der Waals surface area contributed by atoms with Crippen molar-refractivity contribution in [1.82, 2.24) is 44.6 Å². The minimum atomic E-state index is -0.985. The van der Waals surface area contributed by atoms with Gasteiger partial charge in [0.25, 0.3) is 23.6 Å². The maximum Gasteiger partial charge on any atom is 0.414 e. The van der Waals surface area contributed by atoms with Gasteiger partial charge in [-0.25, -0.2) is 4.79 Å². The highest BCUT2D eigenvalue weighted by atomic mass is 16.7. The van der Waals surface area contributed by atoms with E-state index in [-0.39, 0.29) is 90.4 Å². The Morgan fingerprint density at radius 2 is 1.63 bits per heavy atom. The summed E-state index contributed by atoms with van der Waals surface area (Å²) < 4.78 is 34.7. The van der Waals surface area contributed by atoms with E-state index < -0.39 is 30.5 Å². The van der Waals surface area contributed by atoms with E-state index in [0.29, 0.717) is 85.0 Å². The van der Waals surface area contributed by atoms with E-state index in [1.165, 1.54) is 12.0 Å². The number of nitrogens with one attached hydrogen (secondary N) is 4. The molecule has 8 rings (SSSR count). The number of carbonyl (C=O) groups excluding carboxylic acids is 6. The van der Waals surface area contributed by atoms with Gasteiger partial charge in [0.2, 0.25) is 6.29 Å². The van der Waals surface area contributed by atoms with Crippen molar-refractivity contribution in [2.45, 2.75) is 89.6 Å². The highest BCUT2D eigenvalue weighted by molar-refractivity contribution is 6.06. The monoisotopic (exact) mass is 1120 g/mol. The van der Waals surface area contributed by atoms with Crippen molar-refractivity contribution in [3.8, 4) is 17.2 Å². The van der Waals surface area contributed by atoms with Gasteiger partial charge >= 0.3 is 6.09 Å². The first-order valence-corrected chi connectivity index (χ1v) is 27.0. The van der Waals surface area contributed by atoms with Gasteiger partial charge in [-0.05, 0) is 75.8 Å². The lowest BCUT2D eigenvalue weighted by atomic mass is 10.1. The second kappa shape index (κ2) is 26.7. The average Bonchev–Trinajstić information content (AvgIpc) is 4.41. The first-order valence-electron chi connectivity index (χ1n) is 27.0. The fraction of sp³-hybridized carbons (Fsp3) is 0.439. The summed E-state index contributed by atoms with van der Waals surface area (Å²) in [7, 11) is 8.91. The van der Waals surface area contributed by atoms with Gasteiger partial charge in [-0.3, -0.25) is 28.8 Å². The summed E-state index contributed by atoms with van der Waals surface area (Å²) in [5.74, 6) is -0.608. The SMILES string of the molecule is C=C1CC2CN(C(=O)OCc3ccc(O[C@H]4C[C@@H](O)C[C@@H](C=O)O4)c(C(=O)NCCCC)c3)c3cc(OCCCn4cc(C(=C)Nc5cc(C(=O)Nc6cc(C(=O)NCCCN(C)C)n(C)c6)n(C)c5)nn4)c(OC)cc3C(=O)N2C1. The fourth-order valence-electron chi connectivity index (χ4n) is 9.77. The zero-order chi connectivity index (χ0) is 57.9. The predicted octanol–water partition coefficient (Wildman–Crippen LogP) is 5.35. The van der Waals surface area contributed by atoms with Gasteiger partial charge in [-0.15, -0.1) is 5.10 Å². The second-order valence-electron chi connectivity index (χ2n) is 20.6. The number of rotatable bonds is 25. The molecule has 4 atom stereocenters. The molecule has 0 radical (unpaired) electrons. The molecule has 24 nitrogen and oxygen atoms in total. The Morgan fingerprint density at radius 3 is 2.36 bits per heavy atom. The summed E-state index contributed by atoms with van der Waals surface area (Å²) in [5, 5.41) is 30.8. The first kappa shape index (κ1) is 58.7.